The first-order valence-electron chi connectivity index (χ1n) is 6.20. The summed E-state index contributed by atoms with van der Waals surface area (Å²) in [7, 11) is -2.44. The fraction of sp³-hybridized carbons (Fsp3) is 0.143. The van der Waals surface area contributed by atoms with E-state index in [-0.39, 0.29) is 17.0 Å². The number of hydrogen-bond acceptors (Lipinski definition) is 5. The molecule has 1 aromatic heterocycles. The van der Waals surface area contributed by atoms with Crippen molar-refractivity contribution >= 4 is 21.6 Å². The van der Waals surface area contributed by atoms with E-state index in [1.165, 1.54) is 31.5 Å². The Balaban J connectivity index is 2.12. The van der Waals surface area contributed by atoms with E-state index < -0.39 is 15.9 Å². The van der Waals surface area contributed by atoms with Gasteiger partial charge in [0, 0.05) is 6.07 Å². The molecule has 0 unspecified atom stereocenters. The molecule has 108 valence electrons. The molecule has 2 aromatic rings. The van der Waals surface area contributed by atoms with E-state index in [1.54, 1.807) is 18.2 Å². The van der Waals surface area contributed by atoms with Crippen molar-refractivity contribution < 1.29 is 17.9 Å². The van der Waals surface area contributed by atoms with Gasteiger partial charge in [-0.05, 0) is 17.7 Å². The average Bonchev–Trinajstić information content (AvgIpc) is 2.47. The monoisotopic (exact) mass is 304 g/mol. The van der Waals surface area contributed by atoms with E-state index in [0.717, 1.165) is 4.31 Å². The van der Waals surface area contributed by atoms with E-state index in [1.807, 2.05) is 0 Å². The lowest BCUT2D eigenvalue weighted by Gasteiger charge is -2.27. The van der Waals surface area contributed by atoms with Crippen LogP contribution in [0.1, 0.15) is 5.56 Å². The van der Waals surface area contributed by atoms with Gasteiger partial charge in [-0.25, -0.2) is 17.7 Å². The standard InChI is InChI=1S/C14H12N2O4S/c1-20-13-7-6-11(9-15-13)16-14(17)8-10-4-2-3-5-12(10)21(16,18)19/h2-7,9H,8H2,1H3. The minimum Gasteiger partial charge on any atom is -0.481 e. The molecule has 1 amide bonds. The van der Waals surface area contributed by atoms with Gasteiger partial charge in [-0.1, -0.05) is 18.2 Å². The lowest BCUT2D eigenvalue weighted by atomic mass is 10.1. The van der Waals surface area contributed by atoms with Crippen LogP contribution in [0, 0.1) is 0 Å². The van der Waals surface area contributed by atoms with E-state index in [9.17, 15) is 13.2 Å². The van der Waals surface area contributed by atoms with Gasteiger partial charge >= 0.3 is 0 Å². The smallest absolute Gasteiger partial charge is 0.271 e. The van der Waals surface area contributed by atoms with Gasteiger partial charge in [0.2, 0.25) is 11.8 Å². The second-order valence-electron chi connectivity index (χ2n) is 4.51. The van der Waals surface area contributed by atoms with Crippen LogP contribution < -0.4 is 9.04 Å². The number of hydrogen-bond donors (Lipinski definition) is 0. The largest absolute Gasteiger partial charge is 0.481 e. The third kappa shape index (κ3) is 2.15. The lowest BCUT2D eigenvalue weighted by Crippen LogP contribution is -2.42. The highest BCUT2D eigenvalue weighted by Crippen LogP contribution is 2.31. The Bertz CT molecular complexity index is 800. The summed E-state index contributed by atoms with van der Waals surface area (Å²) < 4.78 is 31.0. The predicted octanol–water partition coefficient (Wildman–Crippen LogP) is 1.37. The zero-order chi connectivity index (χ0) is 15.0. The Labute approximate surface area is 122 Å². The Morgan fingerprint density at radius 2 is 1.95 bits per heavy atom. The molecule has 0 aliphatic carbocycles. The molecule has 1 aliphatic rings. The number of amides is 1. The quantitative estimate of drug-likeness (QED) is 0.837. The molecule has 0 atom stereocenters. The molecule has 0 saturated heterocycles. The molecular weight excluding hydrogens is 292 g/mol. The van der Waals surface area contributed by atoms with Crippen molar-refractivity contribution in [2.75, 3.05) is 11.4 Å². The normalized spacial score (nSPS) is 16.4. The van der Waals surface area contributed by atoms with Crippen LogP contribution in [0.2, 0.25) is 0 Å². The van der Waals surface area contributed by atoms with E-state index >= 15 is 0 Å². The van der Waals surface area contributed by atoms with Crippen molar-refractivity contribution in [1.29, 1.82) is 0 Å². The van der Waals surface area contributed by atoms with Crippen LogP contribution in [0.4, 0.5) is 5.69 Å². The minimum absolute atomic E-state index is 0.0431. The van der Waals surface area contributed by atoms with Gasteiger partial charge in [0.25, 0.3) is 10.0 Å². The summed E-state index contributed by atoms with van der Waals surface area (Å²) in [6, 6.07) is 9.51. The highest BCUT2D eigenvalue weighted by atomic mass is 32.2. The molecule has 6 nitrogen and oxygen atoms in total. The molecular formula is C14H12N2O4S. The number of aromatic nitrogens is 1. The van der Waals surface area contributed by atoms with Gasteiger partial charge in [-0.15, -0.1) is 0 Å². The van der Waals surface area contributed by atoms with Crippen LogP contribution in [0.25, 0.3) is 0 Å². The Morgan fingerprint density at radius 3 is 2.62 bits per heavy atom. The summed E-state index contributed by atoms with van der Waals surface area (Å²) in [5.74, 6) is -0.151. The molecule has 2 heterocycles. The number of fused-ring (bicyclic) bond motifs is 1. The van der Waals surface area contributed by atoms with Gasteiger partial charge < -0.3 is 4.74 Å². The highest BCUT2D eigenvalue weighted by molar-refractivity contribution is 7.93. The van der Waals surface area contributed by atoms with Crippen molar-refractivity contribution in [3.05, 3.63) is 48.2 Å². The summed E-state index contributed by atoms with van der Waals surface area (Å²) >= 11 is 0. The SMILES string of the molecule is COc1ccc(N2C(=O)Cc3ccccc3S2(=O)=O)cn1. The summed E-state index contributed by atoms with van der Waals surface area (Å²) in [6.07, 6.45) is 1.35. The van der Waals surface area contributed by atoms with E-state index in [0.29, 0.717) is 11.4 Å². The summed E-state index contributed by atoms with van der Waals surface area (Å²) in [5.41, 5.74) is 0.718. The maximum absolute atomic E-state index is 12.6. The van der Waals surface area contributed by atoms with Crippen LogP contribution in [-0.2, 0) is 21.2 Å². The molecule has 1 aromatic carbocycles. The predicted molar refractivity (Wildman–Crippen MR) is 75.6 cm³/mol. The number of methoxy groups -OCH3 is 1. The second-order valence-corrected chi connectivity index (χ2v) is 6.26. The van der Waals surface area contributed by atoms with Gasteiger partial charge in [0.05, 0.1) is 30.3 Å². The van der Waals surface area contributed by atoms with E-state index in [4.69, 9.17) is 4.74 Å². The van der Waals surface area contributed by atoms with Crippen LogP contribution >= 0.6 is 0 Å². The number of sulfonamides is 1. The zero-order valence-corrected chi connectivity index (χ0v) is 12.0. The zero-order valence-electron chi connectivity index (χ0n) is 11.2. The summed E-state index contributed by atoms with van der Waals surface area (Å²) in [6.45, 7) is 0. The molecule has 0 N–H and O–H groups in total. The number of anilines is 1. The first kappa shape index (κ1) is 13.6. The average molecular weight is 304 g/mol. The molecule has 0 bridgehead atoms. The number of carbonyl (C=O) groups is 1. The summed E-state index contributed by atoms with van der Waals surface area (Å²) in [4.78, 5) is 16.3. The van der Waals surface area contributed by atoms with Gasteiger partial charge in [0.1, 0.15) is 0 Å². The third-order valence-corrected chi connectivity index (χ3v) is 5.07. The lowest BCUT2D eigenvalue weighted by molar-refractivity contribution is -0.117. The van der Waals surface area contributed by atoms with Gasteiger partial charge in [-0.3, -0.25) is 4.79 Å². The van der Waals surface area contributed by atoms with Crippen molar-refractivity contribution in [1.82, 2.24) is 4.98 Å². The van der Waals surface area contributed by atoms with Crippen LogP contribution in [0.15, 0.2) is 47.5 Å². The Morgan fingerprint density at radius 1 is 1.19 bits per heavy atom. The highest BCUT2D eigenvalue weighted by Gasteiger charge is 2.37. The fourth-order valence-electron chi connectivity index (χ4n) is 2.26. The molecule has 21 heavy (non-hydrogen) atoms. The van der Waals surface area contributed by atoms with Crippen molar-refractivity contribution in [2.24, 2.45) is 0 Å². The van der Waals surface area contributed by atoms with Gasteiger partial charge in [-0.2, -0.15) is 0 Å². The summed E-state index contributed by atoms with van der Waals surface area (Å²) in [5, 5.41) is 0. The molecule has 3 rings (SSSR count). The third-order valence-electron chi connectivity index (χ3n) is 3.22. The van der Waals surface area contributed by atoms with Crippen molar-refractivity contribution in [3.63, 3.8) is 0 Å². The first-order valence-corrected chi connectivity index (χ1v) is 7.64. The van der Waals surface area contributed by atoms with Crippen LogP contribution in [-0.4, -0.2) is 26.4 Å². The topological polar surface area (TPSA) is 76.6 Å². The Hall–Kier alpha value is -2.41. The number of nitrogens with zero attached hydrogens (tertiary/aromatic N) is 2. The maximum atomic E-state index is 12.6. The Kier molecular flexibility index (Phi) is 3.13. The number of carbonyl (C=O) groups excluding carboxylic acids is 1. The first-order chi connectivity index (χ1) is 10.0. The van der Waals surface area contributed by atoms with E-state index in [2.05, 4.69) is 4.98 Å². The van der Waals surface area contributed by atoms with Crippen LogP contribution in [0.3, 0.4) is 0 Å². The molecule has 0 radical (unpaired) electrons. The van der Waals surface area contributed by atoms with Gasteiger partial charge in [0.15, 0.2) is 0 Å². The second kappa shape index (κ2) is 4.85. The number of pyridine rings is 1. The maximum Gasteiger partial charge on any atom is 0.271 e. The number of ether oxygens (including phenoxy) is 1. The molecule has 7 heteroatoms. The molecule has 0 spiro atoms. The number of benzene rings is 1. The molecule has 1 aliphatic heterocycles. The number of rotatable bonds is 2. The van der Waals surface area contributed by atoms with Crippen molar-refractivity contribution in [2.45, 2.75) is 11.3 Å². The fourth-order valence-corrected chi connectivity index (χ4v) is 3.90. The van der Waals surface area contributed by atoms with Crippen molar-refractivity contribution in [3.8, 4) is 5.88 Å². The molecule has 0 saturated carbocycles. The minimum atomic E-state index is -3.90. The molecule has 0 fully saturated rings. The van der Waals surface area contributed by atoms with Crippen LogP contribution in [0.5, 0.6) is 5.88 Å².